The third kappa shape index (κ3) is 6.45. The number of aromatic nitrogens is 3. The summed E-state index contributed by atoms with van der Waals surface area (Å²) in [7, 11) is 3.47. The van der Waals surface area contributed by atoms with Crippen molar-refractivity contribution in [3.63, 3.8) is 0 Å². The number of unbranched alkanes of at least 4 members (excludes halogenated alkanes) is 1. The van der Waals surface area contributed by atoms with Gasteiger partial charge in [0.2, 0.25) is 0 Å². The van der Waals surface area contributed by atoms with E-state index in [1.807, 2.05) is 23.7 Å². The molecule has 1 amide bonds. The summed E-state index contributed by atoms with van der Waals surface area (Å²) in [6.07, 6.45) is 4.67. The molecule has 3 N–H and O–H groups in total. The molecular weight excluding hydrogens is 534 g/mol. The maximum atomic E-state index is 12.6. The largest absolute Gasteiger partial charge is 0.496 e. The fraction of sp³-hybridized carbons (Fsp3) is 0.548. The minimum Gasteiger partial charge on any atom is -0.496 e. The van der Waals surface area contributed by atoms with E-state index in [-0.39, 0.29) is 29.7 Å². The molecule has 11 heteroatoms. The zero-order valence-electron chi connectivity index (χ0n) is 24.8. The van der Waals surface area contributed by atoms with Crippen LogP contribution < -0.4 is 15.2 Å². The zero-order valence-corrected chi connectivity index (χ0v) is 24.8. The number of carbonyl (C=O) groups excluding carboxylic acids is 1. The number of anilines is 1. The molecule has 5 rings (SSSR count). The summed E-state index contributed by atoms with van der Waals surface area (Å²) in [6, 6.07) is 10.5. The first-order chi connectivity index (χ1) is 20.3. The number of hydrogen-bond acceptors (Lipinski definition) is 9. The van der Waals surface area contributed by atoms with Crippen LogP contribution in [0.1, 0.15) is 62.3 Å². The quantitative estimate of drug-likeness (QED) is 0.311. The minimum absolute atomic E-state index is 0.138. The van der Waals surface area contributed by atoms with Crippen LogP contribution in [0.5, 0.6) is 11.8 Å². The highest BCUT2D eigenvalue weighted by atomic mass is 16.5. The number of aliphatic hydroxyl groups is 1. The van der Waals surface area contributed by atoms with Crippen LogP contribution in [-0.2, 0) is 17.9 Å². The number of amides is 1. The van der Waals surface area contributed by atoms with Gasteiger partial charge in [0.25, 0.3) is 5.91 Å². The van der Waals surface area contributed by atoms with Crippen LogP contribution in [0.2, 0.25) is 0 Å². The fourth-order valence-corrected chi connectivity index (χ4v) is 5.67. The molecule has 3 heterocycles. The van der Waals surface area contributed by atoms with Gasteiger partial charge in [-0.3, -0.25) is 9.69 Å². The van der Waals surface area contributed by atoms with Gasteiger partial charge in [-0.1, -0.05) is 25.5 Å². The summed E-state index contributed by atoms with van der Waals surface area (Å²) < 4.78 is 13.3. The van der Waals surface area contributed by atoms with Gasteiger partial charge in [0, 0.05) is 38.3 Å². The van der Waals surface area contributed by atoms with Crippen LogP contribution in [0.3, 0.4) is 0 Å². The van der Waals surface area contributed by atoms with E-state index in [4.69, 9.17) is 15.2 Å². The summed E-state index contributed by atoms with van der Waals surface area (Å²) >= 11 is 0. The number of piperidine rings is 1. The van der Waals surface area contributed by atoms with Gasteiger partial charge in [-0.05, 0) is 55.7 Å². The molecular formula is C31H41N7O4. The summed E-state index contributed by atoms with van der Waals surface area (Å²) in [5, 5.41) is 20.7. The van der Waals surface area contributed by atoms with Gasteiger partial charge in [0.15, 0.2) is 5.65 Å². The van der Waals surface area contributed by atoms with E-state index in [1.165, 1.54) is 0 Å². The maximum absolute atomic E-state index is 12.6. The molecule has 1 saturated carbocycles. The molecule has 2 aliphatic rings. The Kier molecular flexibility index (Phi) is 9.14. The predicted octanol–water partition coefficient (Wildman–Crippen LogP) is 3.31. The number of fused-ring (bicyclic) bond motifs is 1. The van der Waals surface area contributed by atoms with E-state index in [2.05, 4.69) is 33.9 Å². The number of likely N-dealkylation sites (tertiary alicyclic amines) is 1. The third-order valence-corrected chi connectivity index (χ3v) is 8.47. The van der Waals surface area contributed by atoms with Crippen LogP contribution in [-0.4, -0.2) is 81.3 Å². The summed E-state index contributed by atoms with van der Waals surface area (Å²) in [5.74, 6) is 1.02. The minimum atomic E-state index is -0.848. The zero-order chi connectivity index (χ0) is 29.8. The summed E-state index contributed by atoms with van der Waals surface area (Å²) in [6.45, 7) is 5.47. The molecule has 0 spiro atoms. The molecule has 1 aliphatic heterocycles. The number of ether oxygens (including phenoxy) is 2. The number of nitriles is 1. The van der Waals surface area contributed by atoms with Gasteiger partial charge in [-0.15, -0.1) is 0 Å². The van der Waals surface area contributed by atoms with E-state index < -0.39 is 6.10 Å². The van der Waals surface area contributed by atoms with E-state index in [9.17, 15) is 15.2 Å². The number of carbonyl (C=O) groups is 1. The molecule has 224 valence electrons. The second kappa shape index (κ2) is 13.0. The van der Waals surface area contributed by atoms with Gasteiger partial charge in [-0.25, -0.2) is 0 Å². The van der Waals surface area contributed by atoms with E-state index in [0.29, 0.717) is 29.9 Å². The van der Waals surface area contributed by atoms with Crippen molar-refractivity contribution in [2.75, 3.05) is 39.6 Å². The van der Waals surface area contributed by atoms with Crippen molar-refractivity contribution >= 4 is 22.8 Å². The van der Waals surface area contributed by atoms with Gasteiger partial charge < -0.3 is 29.8 Å². The van der Waals surface area contributed by atoms with Gasteiger partial charge in [-0.2, -0.15) is 15.2 Å². The Balaban J connectivity index is 1.26. The Morgan fingerprint density at radius 3 is 2.64 bits per heavy atom. The number of hydrogen-bond donors (Lipinski definition) is 2. The molecule has 1 unspecified atom stereocenters. The lowest BCUT2D eigenvalue weighted by Gasteiger charge is -2.37. The van der Waals surface area contributed by atoms with Crippen LogP contribution in [0, 0.1) is 17.2 Å². The number of methoxy groups -OCH3 is 1. The lowest BCUT2D eigenvalue weighted by molar-refractivity contribution is -0.143. The van der Waals surface area contributed by atoms with Crippen molar-refractivity contribution in [3.8, 4) is 17.8 Å². The Labute approximate surface area is 246 Å². The Bertz CT molecular complexity index is 1450. The van der Waals surface area contributed by atoms with Crippen LogP contribution in [0.4, 0.5) is 5.82 Å². The van der Waals surface area contributed by atoms with Crippen molar-refractivity contribution < 1.29 is 19.4 Å². The van der Waals surface area contributed by atoms with E-state index in [0.717, 1.165) is 75.0 Å². The first kappa shape index (κ1) is 29.6. The standard InChI is InChI=1S/C31H41N7O4/c1-4-5-14-42-31-34-28(33)25-16-24(17-32)38(29(25)35-31)19-22-7-6-20(15-26(22)41-3)18-37-12-10-23(11-13-37)36(2)30(40)27(39)21-8-9-21/h6-7,15-16,21,23,27,39H,4-5,8-14,18-19H2,1-3H3,(H2,33,34,35). The average molecular weight is 576 g/mol. The molecule has 42 heavy (non-hydrogen) atoms. The van der Waals surface area contributed by atoms with Crippen molar-refractivity contribution in [2.45, 2.75) is 70.7 Å². The number of aliphatic hydroxyl groups excluding tert-OH is 1. The molecule has 11 nitrogen and oxygen atoms in total. The monoisotopic (exact) mass is 575 g/mol. The maximum Gasteiger partial charge on any atom is 0.320 e. The SMILES string of the molecule is CCCCOc1nc(N)c2cc(C#N)n(Cc3ccc(CN4CCC(N(C)C(=O)C(O)C5CC5)CC4)cc3OC)c2n1. The Morgan fingerprint density at radius 2 is 1.98 bits per heavy atom. The first-order valence-electron chi connectivity index (χ1n) is 14.8. The topological polar surface area (TPSA) is 143 Å². The molecule has 0 bridgehead atoms. The van der Waals surface area contributed by atoms with Crippen LogP contribution in [0.15, 0.2) is 24.3 Å². The number of likely N-dealkylation sites (N-methyl/N-ethyl adjacent to an activating group) is 1. The highest BCUT2D eigenvalue weighted by Crippen LogP contribution is 2.34. The molecule has 3 aromatic rings. The summed E-state index contributed by atoms with van der Waals surface area (Å²) in [4.78, 5) is 25.6. The van der Waals surface area contributed by atoms with Crippen molar-refractivity contribution in [1.82, 2.24) is 24.3 Å². The van der Waals surface area contributed by atoms with Crippen molar-refractivity contribution in [2.24, 2.45) is 5.92 Å². The normalized spacial score (nSPS) is 16.7. The van der Waals surface area contributed by atoms with Crippen LogP contribution in [0.25, 0.3) is 11.0 Å². The summed E-state index contributed by atoms with van der Waals surface area (Å²) in [5.41, 5.74) is 9.22. The number of nitrogens with zero attached hydrogens (tertiary/aromatic N) is 6. The van der Waals surface area contributed by atoms with Crippen molar-refractivity contribution in [3.05, 3.63) is 41.1 Å². The van der Waals surface area contributed by atoms with E-state index >= 15 is 0 Å². The molecule has 1 aliphatic carbocycles. The van der Waals surface area contributed by atoms with Gasteiger partial charge >= 0.3 is 6.01 Å². The number of nitrogen functional groups attached to an aromatic ring is 1. The Morgan fingerprint density at radius 1 is 1.21 bits per heavy atom. The number of nitrogens with two attached hydrogens (primary N) is 1. The van der Waals surface area contributed by atoms with Crippen LogP contribution >= 0.6 is 0 Å². The lowest BCUT2D eigenvalue weighted by atomic mass is 10.0. The second-order valence-electron chi connectivity index (χ2n) is 11.4. The van der Waals surface area contributed by atoms with Crippen molar-refractivity contribution in [1.29, 1.82) is 5.26 Å². The smallest absolute Gasteiger partial charge is 0.320 e. The fourth-order valence-electron chi connectivity index (χ4n) is 5.67. The predicted molar refractivity (Wildman–Crippen MR) is 159 cm³/mol. The molecule has 0 radical (unpaired) electrons. The third-order valence-electron chi connectivity index (χ3n) is 8.47. The highest BCUT2D eigenvalue weighted by molar-refractivity contribution is 5.88. The molecule has 1 atom stereocenters. The molecule has 1 aromatic carbocycles. The number of benzene rings is 1. The molecule has 2 fully saturated rings. The van der Waals surface area contributed by atoms with Gasteiger partial charge in [0.1, 0.15) is 29.4 Å². The Hall–Kier alpha value is -3.88. The lowest BCUT2D eigenvalue weighted by Crippen LogP contribution is -2.48. The number of rotatable bonds is 12. The first-order valence-corrected chi connectivity index (χ1v) is 14.8. The molecule has 2 aromatic heterocycles. The highest BCUT2D eigenvalue weighted by Gasteiger charge is 2.38. The second-order valence-corrected chi connectivity index (χ2v) is 11.4. The molecule has 1 saturated heterocycles. The average Bonchev–Trinajstić information content (AvgIpc) is 3.79. The van der Waals surface area contributed by atoms with E-state index in [1.54, 1.807) is 18.1 Å². The van der Waals surface area contributed by atoms with Gasteiger partial charge in [0.05, 0.1) is 25.6 Å².